The van der Waals surface area contributed by atoms with Crippen molar-refractivity contribution in [1.29, 1.82) is 0 Å². The molecule has 0 aliphatic carbocycles. The number of aryl methyl sites for hydroxylation is 3. The van der Waals surface area contributed by atoms with Gasteiger partial charge >= 0.3 is 5.97 Å². The van der Waals surface area contributed by atoms with Gasteiger partial charge in [0.1, 0.15) is 0 Å². The highest BCUT2D eigenvalue weighted by atomic mass is 35.5. The molecule has 3 rings (SSSR count). The van der Waals surface area contributed by atoms with Crippen molar-refractivity contribution in [1.82, 2.24) is 10.1 Å². The van der Waals surface area contributed by atoms with Gasteiger partial charge in [-0.2, -0.15) is 4.98 Å². The van der Waals surface area contributed by atoms with Crippen LogP contribution in [-0.4, -0.2) is 28.5 Å². The summed E-state index contributed by atoms with van der Waals surface area (Å²) in [4.78, 5) is 28.4. The first-order chi connectivity index (χ1) is 13.4. The number of rotatable bonds is 7. The SMILES string of the molecule is Cc1ccc(C(=O)COC(=O)CCc2nc(-c3ccc(Cl)cc3)no2)c(C)c1. The summed E-state index contributed by atoms with van der Waals surface area (Å²) in [5.41, 5.74) is 3.26. The van der Waals surface area contributed by atoms with Crippen LogP contribution in [0, 0.1) is 13.8 Å². The van der Waals surface area contributed by atoms with Crippen molar-refractivity contribution in [2.75, 3.05) is 6.61 Å². The number of halogens is 1. The van der Waals surface area contributed by atoms with Gasteiger partial charge in [0, 0.05) is 22.6 Å². The van der Waals surface area contributed by atoms with Crippen LogP contribution in [0.3, 0.4) is 0 Å². The largest absolute Gasteiger partial charge is 0.457 e. The minimum absolute atomic E-state index is 0.0441. The first kappa shape index (κ1) is 19.8. The van der Waals surface area contributed by atoms with E-state index in [1.54, 1.807) is 30.3 Å². The minimum atomic E-state index is -0.496. The molecular formula is C21H19ClN2O4. The highest BCUT2D eigenvalue weighted by Gasteiger charge is 2.14. The van der Waals surface area contributed by atoms with Crippen LogP contribution >= 0.6 is 11.6 Å². The molecule has 0 bridgehead atoms. The number of aromatic nitrogens is 2. The second-order valence-electron chi connectivity index (χ2n) is 6.42. The average molecular weight is 399 g/mol. The summed E-state index contributed by atoms with van der Waals surface area (Å²) in [6.45, 7) is 3.52. The monoisotopic (exact) mass is 398 g/mol. The summed E-state index contributed by atoms with van der Waals surface area (Å²) < 4.78 is 10.2. The number of benzene rings is 2. The molecule has 6 nitrogen and oxygen atoms in total. The molecule has 0 N–H and O–H groups in total. The van der Waals surface area contributed by atoms with E-state index in [0.29, 0.717) is 22.3 Å². The Kier molecular flexibility index (Phi) is 6.21. The molecule has 1 heterocycles. The lowest BCUT2D eigenvalue weighted by atomic mass is 10.0. The molecule has 144 valence electrons. The predicted molar refractivity (Wildman–Crippen MR) is 104 cm³/mol. The number of Topliss-reactive ketones (excluding diaryl/α,β-unsaturated/α-hetero) is 1. The number of carbonyl (C=O) groups is 2. The number of ether oxygens (including phenoxy) is 1. The summed E-state index contributed by atoms with van der Waals surface area (Å²) in [5, 5.41) is 4.51. The molecule has 28 heavy (non-hydrogen) atoms. The van der Waals surface area contributed by atoms with Gasteiger partial charge in [0.2, 0.25) is 17.5 Å². The van der Waals surface area contributed by atoms with E-state index in [2.05, 4.69) is 10.1 Å². The molecule has 0 unspecified atom stereocenters. The summed E-state index contributed by atoms with van der Waals surface area (Å²) in [6, 6.07) is 12.6. The average Bonchev–Trinajstić information content (AvgIpc) is 3.14. The van der Waals surface area contributed by atoms with Crippen molar-refractivity contribution in [3.8, 4) is 11.4 Å². The molecule has 0 saturated carbocycles. The standard InChI is InChI=1S/C21H19ClN2O4/c1-13-3-8-17(14(2)11-13)18(25)12-27-20(26)10-9-19-23-21(24-28-19)15-4-6-16(22)7-5-15/h3-8,11H,9-10,12H2,1-2H3. The van der Waals surface area contributed by atoms with Crippen molar-refractivity contribution >= 4 is 23.4 Å². The minimum Gasteiger partial charge on any atom is -0.457 e. The van der Waals surface area contributed by atoms with Crippen molar-refractivity contribution in [2.45, 2.75) is 26.7 Å². The molecule has 7 heteroatoms. The Labute approximate surface area is 167 Å². The van der Waals surface area contributed by atoms with Crippen LogP contribution < -0.4 is 0 Å². The number of carbonyl (C=O) groups excluding carboxylic acids is 2. The third kappa shape index (κ3) is 5.04. The van der Waals surface area contributed by atoms with Crippen LogP contribution in [0.5, 0.6) is 0 Å². The molecule has 2 aromatic carbocycles. The van der Waals surface area contributed by atoms with E-state index >= 15 is 0 Å². The first-order valence-electron chi connectivity index (χ1n) is 8.77. The van der Waals surface area contributed by atoms with Crippen molar-refractivity contribution in [3.63, 3.8) is 0 Å². The maximum Gasteiger partial charge on any atom is 0.306 e. The van der Waals surface area contributed by atoms with Gasteiger partial charge in [-0.1, -0.05) is 40.5 Å². The Balaban J connectivity index is 1.49. The lowest BCUT2D eigenvalue weighted by Gasteiger charge is -2.07. The van der Waals surface area contributed by atoms with Crippen molar-refractivity contribution < 1.29 is 18.8 Å². The number of hydrogen-bond donors (Lipinski definition) is 0. The van der Waals surface area contributed by atoms with Crippen LogP contribution in [0.25, 0.3) is 11.4 Å². The Morgan fingerprint density at radius 1 is 1.11 bits per heavy atom. The van der Waals surface area contributed by atoms with Crippen molar-refractivity contribution in [3.05, 3.63) is 70.1 Å². The van der Waals surface area contributed by atoms with E-state index in [4.69, 9.17) is 20.9 Å². The Morgan fingerprint density at radius 3 is 2.57 bits per heavy atom. The zero-order valence-electron chi connectivity index (χ0n) is 15.6. The Hall–Kier alpha value is -2.99. The molecule has 0 radical (unpaired) electrons. The maximum absolute atomic E-state index is 12.2. The second kappa shape index (κ2) is 8.80. The number of esters is 1. The van der Waals surface area contributed by atoms with Gasteiger partial charge in [0.05, 0.1) is 6.42 Å². The lowest BCUT2D eigenvalue weighted by molar-refractivity contribution is -0.142. The van der Waals surface area contributed by atoms with E-state index in [0.717, 1.165) is 16.7 Å². The van der Waals surface area contributed by atoms with Crippen LogP contribution in [-0.2, 0) is 16.0 Å². The fourth-order valence-corrected chi connectivity index (χ4v) is 2.83. The van der Waals surface area contributed by atoms with Gasteiger partial charge in [-0.3, -0.25) is 9.59 Å². The summed E-state index contributed by atoms with van der Waals surface area (Å²) in [5.74, 6) is 0.0192. The predicted octanol–water partition coefficient (Wildman–Crippen LogP) is 4.37. The third-order valence-electron chi connectivity index (χ3n) is 4.16. The van der Waals surface area contributed by atoms with Gasteiger partial charge in [-0.15, -0.1) is 0 Å². The molecule has 1 aromatic heterocycles. The Morgan fingerprint density at radius 2 is 1.86 bits per heavy atom. The molecular weight excluding hydrogens is 380 g/mol. The van der Waals surface area contributed by atoms with Gasteiger partial charge < -0.3 is 9.26 Å². The van der Waals surface area contributed by atoms with E-state index < -0.39 is 5.97 Å². The summed E-state index contributed by atoms with van der Waals surface area (Å²) in [7, 11) is 0. The molecule has 0 amide bonds. The highest BCUT2D eigenvalue weighted by molar-refractivity contribution is 6.30. The van der Waals surface area contributed by atoms with E-state index in [1.807, 2.05) is 26.0 Å². The zero-order chi connectivity index (χ0) is 20.1. The first-order valence-corrected chi connectivity index (χ1v) is 9.15. The quantitative estimate of drug-likeness (QED) is 0.434. The molecule has 0 aliphatic rings. The fraction of sp³-hybridized carbons (Fsp3) is 0.238. The molecule has 0 saturated heterocycles. The van der Waals surface area contributed by atoms with Crippen LogP contribution in [0.15, 0.2) is 47.0 Å². The molecule has 0 spiro atoms. The van der Waals surface area contributed by atoms with Crippen molar-refractivity contribution in [2.24, 2.45) is 0 Å². The number of ketones is 1. The zero-order valence-corrected chi connectivity index (χ0v) is 16.3. The molecule has 0 atom stereocenters. The number of hydrogen-bond acceptors (Lipinski definition) is 6. The van der Waals surface area contributed by atoms with Gasteiger partial charge in [0.25, 0.3) is 0 Å². The van der Waals surface area contributed by atoms with Crippen LogP contribution in [0.4, 0.5) is 0 Å². The number of nitrogens with zero attached hydrogens (tertiary/aromatic N) is 2. The Bertz CT molecular complexity index is 996. The van der Waals surface area contributed by atoms with Crippen LogP contribution in [0.2, 0.25) is 5.02 Å². The van der Waals surface area contributed by atoms with Gasteiger partial charge in [-0.25, -0.2) is 0 Å². The molecule has 0 fully saturated rings. The van der Waals surface area contributed by atoms with E-state index in [1.165, 1.54) is 0 Å². The molecule has 3 aromatic rings. The maximum atomic E-state index is 12.2. The van der Waals surface area contributed by atoms with Crippen LogP contribution in [0.1, 0.15) is 33.8 Å². The third-order valence-corrected chi connectivity index (χ3v) is 4.41. The smallest absolute Gasteiger partial charge is 0.306 e. The van der Waals surface area contributed by atoms with E-state index in [-0.39, 0.29) is 25.2 Å². The lowest BCUT2D eigenvalue weighted by Crippen LogP contribution is -2.15. The normalized spacial score (nSPS) is 10.7. The van der Waals surface area contributed by atoms with E-state index in [9.17, 15) is 9.59 Å². The molecule has 0 aliphatic heterocycles. The topological polar surface area (TPSA) is 82.3 Å². The highest BCUT2D eigenvalue weighted by Crippen LogP contribution is 2.19. The van der Waals surface area contributed by atoms with Gasteiger partial charge in [-0.05, 0) is 43.7 Å². The summed E-state index contributed by atoms with van der Waals surface area (Å²) in [6.07, 6.45) is 0.277. The van der Waals surface area contributed by atoms with Gasteiger partial charge in [0.15, 0.2) is 6.61 Å². The fourth-order valence-electron chi connectivity index (χ4n) is 2.70. The summed E-state index contributed by atoms with van der Waals surface area (Å²) >= 11 is 5.86. The second-order valence-corrected chi connectivity index (χ2v) is 6.86.